The Balaban J connectivity index is 1.64. The van der Waals surface area contributed by atoms with Crippen molar-refractivity contribution in [2.45, 2.75) is 0 Å². The third-order valence-electron chi connectivity index (χ3n) is 3.20. The lowest BCUT2D eigenvalue weighted by atomic mass is 10.2. The van der Waals surface area contributed by atoms with Crippen LogP contribution in [0.4, 0.5) is 22.7 Å². The highest BCUT2D eigenvalue weighted by Gasteiger charge is 2.12. The van der Waals surface area contributed by atoms with Crippen molar-refractivity contribution >= 4 is 40.1 Å². The van der Waals surface area contributed by atoms with E-state index in [0.717, 1.165) is 34.3 Å². The highest BCUT2D eigenvalue weighted by atomic mass is 32.1. The Morgan fingerprint density at radius 3 is 2.36 bits per heavy atom. The van der Waals surface area contributed by atoms with Gasteiger partial charge in [-0.05, 0) is 54.7 Å². The lowest BCUT2D eigenvalue weighted by Gasteiger charge is -2.11. The molecule has 5 nitrogen and oxygen atoms in total. The third-order valence-corrected chi connectivity index (χ3v) is 3.40. The standard InChI is InChI=1S/C16H16N4OS/c1-10-17-14-8-5-12(9-15(14)18-10)20-16(22)19-11-3-6-13(21-2)7-4-11/h3-9,17-18H,1H2,2H3,(H2,19,20,22). The predicted octanol–water partition coefficient (Wildman–Crippen LogP) is 3.81. The minimum atomic E-state index is 0.523. The summed E-state index contributed by atoms with van der Waals surface area (Å²) >= 11 is 5.32. The molecule has 112 valence electrons. The van der Waals surface area contributed by atoms with Crippen LogP contribution in [-0.4, -0.2) is 12.2 Å². The molecular formula is C16H16N4OS. The van der Waals surface area contributed by atoms with Crippen LogP contribution in [0.15, 0.2) is 54.9 Å². The Bertz CT molecular complexity index is 727. The summed E-state index contributed by atoms with van der Waals surface area (Å²) in [6.45, 7) is 3.84. The second-order valence-corrected chi connectivity index (χ2v) is 5.20. The van der Waals surface area contributed by atoms with Crippen molar-refractivity contribution in [3.63, 3.8) is 0 Å². The van der Waals surface area contributed by atoms with Crippen LogP contribution in [0.25, 0.3) is 0 Å². The molecule has 6 heteroatoms. The summed E-state index contributed by atoms with van der Waals surface area (Å²) in [7, 11) is 1.64. The highest BCUT2D eigenvalue weighted by molar-refractivity contribution is 7.80. The van der Waals surface area contributed by atoms with Gasteiger partial charge in [-0.25, -0.2) is 0 Å². The molecular weight excluding hydrogens is 296 g/mol. The molecule has 0 spiro atoms. The molecule has 1 heterocycles. The van der Waals surface area contributed by atoms with Crippen LogP contribution >= 0.6 is 12.2 Å². The van der Waals surface area contributed by atoms with Crippen LogP contribution in [0.3, 0.4) is 0 Å². The third kappa shape index (κ3) is 3.12. The molecule has 0 bridgehead atoms. The molecule has 0 unspecified atom stereocenters. The predicted molar refractivity (Wildman–Crippen MR) is 95.7 cm³/mol. The van der Waals surface area contributed by atoms with Crippen LogP contribution in [0, 0.1) is 0 Å². The Labute approximate surface area is 134 Å². The molecule has 0 amide bonds. The second-order valence-electron chi connectivity index (χ2n) is 4.80. The summed E-state index contributed by atoms with van der Waals surface area (Å²) in [6.07, 6.45) is 0. The maximum Gasteiger partial charge on any atom is 0.175 e. The summed E-state index contributed by atoms with van der Waals surface area (Å²) < 4.78 is 5.12. The summed E-state index contributed by atoms with van der Waals surface area (Å²) in [5.41, 5.74) is 3.77. The van der Waals surface area contributed by atoms with E-state index >= 15 is 0 Å². The van der Waals surface area contributed by atoms with Crippen molar-refractivity contribution in [2.75, 3.05) is 28.4 Å². The first-order chi connectivity index (χ1) is 10.6. The molecule has 0 atom stereocenters. The minimum Gasteiger partial charge on any atom is -0.497 e. The molecule has 0 saturated heterocycles. The fourth-order valence-electron chi connectivity index (χ4n) is 2.16. The monoisotopic (exact) mass is 312 g/mol. The van der Waals surface area contributed by atoms with Crippen LogP contribution in [0.1, 0.15) is 0 Å². The van der Waals surface area contributed by atoms with Gasteiger partial charge in [0.05, 0.1) is 18.5 Å². The van der Waals surface area contributed by atoms with Gasteiger partial charge in [0, 0.05) is 11.4 Å². The lowest BCUT2D eigenvalue weighted by Crippen LogP contribution is -2.18. The SMILES string of the molecule is C=C1Nc2ccc(NC(=S)Nc3ccc(OC)cc3)cc2N1. The van der Waals surface area contributed by atoms with Crippen molar-refractivity contribution in [1.82, 2.24) is 0 Å². The Morgan fingerprint density at radius 1 is 1.00 bits per heavy atom. The quantitative estimate of drug-likeness (QED) is 0.647. The van der Waals surface area contributed by atoms with Gasteiger partial charge in [0.1, 0.15) is 11.6 Å². The van der Waals surface area contributed by atoms with Gasteiger partial charge in [-0.2, -0.15) is 0 Å². The van der Waals surface area contributed by atoms with E-state index in [1.54, 1.807) is 7.11 Å². The van der Waals surface area contributed by atoms with E-state index in [4.69, 9.17) is 17.0 Å². The number of methoxy groups -OCH3 is 1. The molecule has 1 aliphatic rings. The van der Waals surface area contributed by atoms with E-state index in [9.17, 15) is 0 Å². The second kappa shape index (κ2) is 5.95. The molecule has 0 aliphatic carbocycles. The molecule has 0 aromatic heterocycles. The molecule has 0 saturated carbocycles. The van der Waals surface area contributed by atoms with E-state index in [1.807, 2.05) is 42.5 Å². The van der Waals surface area contributed by atoms with E-state index in [-0.39, 0.29) is 0 Å². The van der Waals surface area contributed by atoms with Gasteiger partial charge in [0.25, 0.3) is 0 Å². The number of fused-ring (bicyclic) bond motifs is 1. The molecule has 0 radical (unpaired) electrons. The fourth-order valence-corrected chi connectivity index (χ4v) is 2.39. The van der Waals surface area contributed by atoms with Gasteiger partial charge in [-0.1, -0.05) is 6.58 Å². The van der Waals surface area contributed by atoms with E-state index in [2.05, 4.69) is 27.8 Å². The number of benzene rings is 2. The molecule has 3 rings (SSSR count). The Kier molecular flexibility index (Phi) is 3.84. The number of hydrogen-bond donors (Lipinski definition) is 4. The molecule has 0 fully saturated rings. The van der Waals surface area contributed by atoms with Gasteiger partial charge in [0.2, 0.25) is 0 Å². The van der Waals surface area contributed by atoms with E-state index in [1.165, 1.54) is 0 Å². The lowest BCUT2D eigenvalue weighted by molar-refractivity contribution is 0.415. The highest BCUT2D eigenvalue weighted by Crippen LogP contribution is 2.32. The first-order valence-corrected chi connectivity index (χ1v) is 7.14. The van der Waals surface area contributed by atoms with Crippen LogP contribution in [0.2, 0.25) is 0 Å². The maximum absolute atomic E-state index is 5.32. The average Bonchev–Trinajstić information content (AvgIpc) is 2.87. The zero-order chi connectivity index (χ0) is 15.5. The Hall–Kier alpha value is -2.73. The van der Waals surface area contributed by atoms with Crippen LogP contribution in [-0.2, 0) is 0 Å². The van der Waals surface area contributed by atoms with Crippen molar-refractivity contribution in [2.24, 2.45) is 0 Å². The topological polar surface area (TPSA) is 57.3 Å². The number of rotatable bonds is 3. The summed E-state index contributed by atoms with van der Waals surface area (Å²) in [5, 5.41) is 13.1. The summed E-state index contributed by atoms with van der Waals surface area (Å²) in [6, 6.07) is 13.5. The van der Waals surface area contributed by atoms with Gasteiger partial charge in [-0.3, -0.25) is 0 Å². The smallest absolute Gasteiger partial charge is 0.175 e. The van der Waals surface area contributed by atoms with Crippen molar-refractivity contribution < 1.29 is 4.74 Å². The Morgan fingerprint density at radius 2 is 1.64 bits per heavy atom. The summed E-state index contributed by atoms with van der Waals surface area (Å²) in [5.74, 6) is 1.58. The number of ether oxygens (including phenoxy) is 1. The zero-order valence-electron chi connectivity index (χ0n) is 12.1. The van der Waals surface area contributed by atoms with Crippen LogP contribution < -0.4 is 26.0 Å². The average molecular weight is 312 g/mol. The largest absolute Gasteiger partial charge is 0.497 e. The molecule has 1 aliphatic heterocycles. The van der Waals surface area contributed by atoms with Gasteiger partial charge in [0.15, 0.2) is 5.11 Å². The maximum atomic E-state index is 5.32. The first kappa shape index (κ1) is 14.2. The normalized spacial score (nSPS) is 12.0. The summed E-state index contributed by atoms with van der Waals surface area (Å²) in [4.78, 5) is 0. The van der Waals surface area contributed by atoms with Gasteiger partial charge in [-0.15, -0.1) is 0 Å². The van der Waals surface area contributed by atoms with E-state index in [0.29, 0.717) is 5.11 Å². The van der Waals surface area contributed by atoms with Crippen LogP contribution in [0.5, 0.6) is 5.75 Å². The van der Waals surface area contributed by atoms with Crippen molar-refractivity contribution in [3.05, 3.63) is 54.9 Å². The number of nitrogens with one attached hydrogen (secondary N) is 4. The number of anilines is 4. The van der Waals surface area contributed by atoms with Crippen molar-refractivity contribution in [3.8, 4) is 5.75 Å². The van der Waals surface area contributed by atoms with Gasteiger partial charge >= 0.3 is 0 Å². The first-order valence-electron chi connectivity index (χ1n) is 6.73. The van der Waals surface area contributed by atoms with E-state index < -0.39 is 0 Å². The van der Waals surface area contributed by atoms with Gasteiger partial charge < -0.3 is 26.0 Å². The number of thiocarbonyl (C=S) groups is 1. The molecule has 4 N–H and O–H groups in total. The number of hydrogen-bond acceptors (Lipinski definition) is 4. The molecule has 2 aromatic carbocycles. The molecule has 22 heavy (non-hydrogen) atoms. The fraction of sp³-hybridized carbons (Fsp3) is 0.0625. The molecule has 2 aromatic rings. The minimum absolute atomic E-state index is 0.523. The zero-order valence-corrected chi connectivity index (χ0v) is 12.9. The van der Waals surface area contributed by atoms with Crippen molar-refractivity contribution in [1.29, 1.82) is 0 Å².